The fourth-order valence-corrected chi connectivity index (χ4v) is 5.69. The number of amides is 1. The molecule has 39 heavy (non-hydrogen) atoms. The van der Waals surface area contributed by atoms with Crippen LogP contribution in [-0.2, 0) is 34.0 Å². The zero-order chi connectivity index (χ0) is 28.0. The summed E-state index contributed by atoms with van der Waals surface area (Å²) in [7, 11) is -4.05. The number of carbonyl (C=O) groups excluding carboxylic acids is 1. The van der Waals surface area contributed by atoms with E-state index >= 15 is 0 Å². The van der Waals surface area contributed by atoms with Crippen LogP contribution in [0.2, 0.25) is 0 Å². The molecule has 0 spiro atoms. The maximum Gasteiger partial charge on any atom is 0.321 e. The second-order valence-electron chi connectivity index (χ2n) is 9.07. The van der Waals surface area contributed by atoms with Crippen molar-refractivity contribution < 1.29 is 23.1 Å². The van der Waals surface area contributed by atoms with Crippen molar-refractivity contribution in [3.8, 4) is 0 Å². The topological polar surface area (TPSA) is 148 Å². The Morgan fingerprint density at radius 3 is 2.31 bits per heavy atom. The standard InChI is InChI=1S/C28H28N4O6S/c1-2-19-7-11-21(12-8-19)26(33)29-22-13-9-20(10-14-22)16-18-39(37,38)25(28(35)36)15-17-32-27(34)23-5-3-4-6-24(23)30-31-32/h3-14,25H,2,15-18H2,1H3,(H,29,33)(H,35,36). The minimum absolute atomic E-state index is 0.0918. The third-order valence-electron chi connectivity index (χ3n) is 6.45. The second kappa shape index (κ2) is 12.0. The van der Waals surface area contributed by atoms with Crippen LogP contribution in [0.25, 0.3) is 10.9 Å². The molecule has 1 atom stereocenters. The number of carbonyl (C=O) groups is 2. The monoisotopic (exact) mass is 548 g/mol. The summed E-state index contributed by atoms with van der Waals surface area (Å²) < 4.78 is 26.8. The number of rotatable bonds is 11. The van der Waals surface area contributed by atoms with Crippen molar-refractivity contribution in [3.05, 3.63) is 99.8 Å². The van der Waals surface area contributed by atoms with E-state index in [1.807, 2.05) is 19.1 Å². The fourth-order valence-electron chi connectivity index (χ4n) is 4.12. The third-order valence-corrected chi connectivity index (χ3v) is 8.53. The van der Waals surface area contributed by atoms with Crippen LogP contribution in [-0.4, -0.2) is 51.4 Å². The van der Waals surface area contributed by atoms with E-state index in [2.05, 4.69) is 15.6 Å². The number of nitrogens with one attached hydrogen (secondary N) is 1. The van der Waals surface area contributed by atoms with Crippen molar-refractivity contribution >= 4 is 38.3 Å². The minimum Gasteiger partial charge on any atom is -0.480 e. The van der Waals surface area contributed by atoms with E-state index in [0.717, 1.165) is 16.7 Å². The largest absolute Gasteiger partial charge is 0.480 e. The Morgan fingerprint density at radius 1 is 0.974 bits per heavy atom. The lowest BCUT2D eigenvalue weighted by atomic mass is 10.1. The van der Waals surface area contributed by atoms with Crippen LogP contribution in [0.4, 0.5) is 5.69 Å². The average molecular weight is 549 g/mol. The number of benzene rings is 3. The molecule has 11 heteroatoms. The molecule has 0 radical (unpaired) electrons. The summed E-state index contributed by atoms with van der Waals surface area (Å²) in [5, 5.41) is 18.8. The summed E-state index contributed by atoms with van der Waals surface area (Å²) >= 11 is 0. The van der Waals surface area contributed by atoms with Crippen molar-refractivity contribution in [2.24, 2.45) is 0 Å². The molecule has 0 saturated heterocycles. The lowest BCUT2D eigenvalue weighted by Crippen LogP contribution is -2.35. The van der Waals surface area contributed by atoms with E-state index in [1.54, 1.807) is 60.7 Å². The van der Waals surface area contributed by atoms with Crippen molar-refractivity contribution in [1.82, 2.24) is 15.0 Å². The van der Waals surface area contributed by atoms with Gasteiger partial charge in [0.2, 0.25) is 0 Å². The Labute approximate surface area is 225 Å². The summed E-state index contributed by atoms with van der Waals surface area (Å²) in [5.74, 6) is -2.13. The van der Waals surface area contributed by atoms with Crippen LogP contribution in [0.5, 0.6) is 0 Å². The van der Waals surface area contributed by atoms with E-state index in [1.165, 1.54) is 0 Å². The van der Waals surface area contributed by atoms with Gasteiger partial charge >= 0.3 is 5.97 Å². The zero-order valence-corrected chi connectivity index (χ0v) is 22.1. The van der Waals surface area contributed by atoms with Gasteiger partial charge in [-0.2, -0.15) is 0 Å². The molecule has 1 unspecified atom stereocenters. The number of sulfone groups is 1. The van der Waals surface area contributed by atoms with Crippen LogP contribution in [0, 0.1) is 0 Å². The predicted molar refractivity (Wildman–Crippen MR) is 148 cm³/mol. The van der Waals surface area contributed by atoms with Crippen molar-refractivity contribution in [2.75, 3.05) is 11.1 Å². The molecule has 202 valence electrons. The average Bonchev–Trinajstić information content (AvgIpc) is 2.94. The molecule has 0 fully saturated rings. The van der Waals surface area contributed by atoms with Crippen LogP contribution >= 0.6 is 0 Å². The highest BCUT2D eigenvalue weighted by Crippen LogP contribution is 2.16. The van der Waals surface area contributed by atoms with Gasteiger partial charge in [0.05, 0.1) is 11.1 Å². The highest BCUT2D eigenvalue weighted by Gasteiger charge is 2.32. The highest BCUT2D eigenvalue weighted by atomic mass is 32.2. The molecule has 1 heterocycles. The number of anilines is 1. The third kappa shape index (κ3) is 6.74. The molecular weight excluding hydrogens is 520 g/mol. The Morgan fingerprint density at radius 2 is 1.64 bits per heavy atom. The lowest BCUT2D eigenvalue weighted by Gasteiger charge is -2.14. The minimum atomic E-state index is -4.05. The maximum atomic E-state index is 12.9. The van der Waals surface area contributed by atoms with Gasteiger partial charge in [-0.25, -0.2) is 13.1 Å². The first-order valence-electron chi connectivity index (χ1n) is 12.4. The first-order valence-corrected chi connectivity index (χ1v) is 14.2. The maximum absolute atomic E-state index is 12.9. The molecule has 3 aromatic carbocycles. The van der Waals surface area contributed by atoms with Crippen molar-refractivity contribution in [2.45, 2.75) is 38.0 Å². The van der Waals surface area contributed by atoms with Gasteiger partial charge in [0.1, 0.15) is 5.52 Å². The number of fused-ring (bicyclic) bond motifs is 1. The van der Waals surface area contributed by atoms with Gasteiger partial charge in [0, 0.05) is 17.8 Å². The molecule has 1 amide bonds. The van der Waals surface area contributed by atoms with Crippen LogP contribution in [0.1, 0.15) is 34.8 Å². The van der Waals surface area contributed by atoms with Gasteiger partial charge in [-0.1, -0.05) is 48.5 Å². The van der Waals surface area contributed by atoms with E-state index in [9.17, 15) is 27.9 Å². The number of nitrogens with zero attached hydrogens (tertiary/aromatic N) is 3. The number of carboxylic acids is 1. The molecule has 10 nitrogen and oxygen atoms in total. The summed E-state index contributed by atoms with van der Waals surface area (Å²) in [6.45, 7) is 1.83. The smallest absolute Gasteiger partial charge is 0.321 e. The number of hydrogen-bond donors (Lipinski definition) is 2. The summed E-state index contributed by atoms with van der Waals surface area (Å²) in [6.07, 6.45) is 0.648. The van der Waals surface area contributed by atoms with E-state index in [0.29, 0.717) is 27.7 Å². The van der Waals surface area contributed by atoms with Gasteiger partial charge in [-0.05, 0) is 66.8 Å². The lowest BCUT2D eigenvalue weighted by molar-refractivity contribution is -0.136. The SMILES string of the molecule is CCc1ccc(C(=O)Nc2ccc(CCS(=O)(=O)C(CCn3nnc4ccccc4c3=O)C(=O)O)cc2)cc1. The van der Waals surface area contributed by atoms with Crippen molar-refractivity contribution in [3.63, 3.8) is 0 Å². The number of aromatic nitrogens is 3. The van der Waals surface area contributed by atoms with E-state index < -0.39 is 32.4 Å². The molecule has 4 aromatic rings. The first kappa shape index (κ1) is 27.6. The number of aliphatic carboxylic acids is 1. The summed E-state index contributed by atoms with van der Waals surface area (Å²) in [6, 6.07) is 20.6. The highest BCUT2D eigenvalue weighted by molar-refractivity contribution is 7.92. The van der Waals surface area contributed by atoms with Gasteiger partial charge in [-0.15, -0.1) is 5.10 Å². The number of hydrogen-bond acceptors (Lipinski definition) is 7. The van der Waals surface area contributed by atoms with Gasteiger partial charge in [-0.3, -0.25) is 14.4 Å². The first-order chi connectivity index (χ1) is 18.7. The molecule has 0 bridgehead atoms. The normalized spacial score (nSPS) is 12.2. The number of aryl methyl sites for hydroxylation is 3. The molecular formula is C28H28N4O6S. The Hall–Kier alpha value is -4.38. The van der Waals surface area contributed by atoms with Gasteiger partial charge in [0.25, 0.3) is 11.5 Å². The van der Waals surface area contributed by atoms with Crippen LogP contribution in [0.3, 0.4) is 0 Å². The van der Waals surface area contributed by atoms with Crippen LogP contribution in [0.15, 0.2) is 77.6 Å². The molecule has 0 aliphatic heterocycles. The Kier molecular flexibility index (Phi) is 8.50. The van der Waals surface area contributed by atoms with E-state index in [4.69, 9.17) is 0 Å². The molecule has 1 aromatic heterocycles. The van der Waals surface area contributed by atoms with Crippen LogP contribution < -0.4 is 10.9 Å². The second-order valence-corrected chi connectivity index (χ2v) is 11.4. The molecule has 2 N–H and O–H groups in total. The Balaban J connectivity index is 1.36. The van der Waals surface area contributed by atoms with Crippen molar-refractivity contribution in [1.29, 1.82) is 0 Å². The summed E-state index contributed by atoms with van der Waals surface area (Å²) in [5.41, 5.74) is 2.82. The predicted octanol–water partition coefficient (Wildman–Crippen LogP) is 3.11. The van der Waals surface area contributed by atoms with E-state index in [-0.39, 0.29) is 25.3 Å². The quantitative estimate of drug-likeness (QED) is 0.290. The van der Waals surface area contributed by atoms with Gasteiger partial charge < -0.3 is 10.4 Å². The molecule has 4 rings (SSSR count). The summed E-state index contributed by atoms with van der Waals surface area (Å²) in [4.78, 5) is 36.9. The zero-order valence-electron chi connectivity index (χ0n) is 21.3. The molecule has 0 saturated carbocycles. The molecule has 0 aliphatic carbocycles. The number of carboxylic acid groups (broad SMARTS) is 1. The fraction of sp³-hybridized carbons (Fsp3) is 0.250. The molecule has 0 aliphatic rings. The van der Waals surface area contributed by atoms with Gasteiger partial charge in [0.15, 0.2) is 15.1 Å². The Bertz CT molecular complexity index is 1650.